The molecule has 3 heteroatoms. The summed E-state index contributed by atoms with van der Waals surface area (Å²) < 4.78 is 7.70. The van der Waals surface area contributed by atoms with Crippen molar-refractivity contribution in [3.8, 4) is 5.75 Å². The van der Waals surface area contributed by atoms with E-state index in [1.54, 1.807) is 7.11 Å². The number of hydrogen-bond acceptors (Lipinski definition) is 2. The zero-order chi connectivity index (χ0) is 15.0. The zero-order valence-electron chi connectivity index (χ0n) is 13.1. The van der Waals surface area contributed by atoms with Crippen LogP contribution < -0.4 is 10.5 Å². The van der Waals surface area contributed by atoms with Crippen molar-refractivity contribution in [2.75, 3.05) is 7.11 Å². The summed E-state index contributed by atoms with van der Waals surface area (Å²) in [4.78, 5) is 0. The number of hydrogen-bond donors (Lipinski definition) is 1. The van der Waals surface area contributed by atoms with E-state index < -0.39 is 0 Å². The van der Waals surface area contributed by atoms with E-state index in [-0.39, 0.29) is 6.04 Å². The fourth-order valence-electron chi connectivity index (χ4n) is 3.53. The Morgan fingerprint density at radius 1 is 1.29 bits per heavy atom. The molecule has 3 rings (SSSR count). The third-order valence-electron chi connectivity index (χ3n) is 4.68. The number of ether oxygens (including phenoxy) is 1. The fourth-order valence-corrected chi connectivity index (χ4v) is 3.53. The Hall–Kier alpha value is -1.74. The molecule has 0 bridgehead atoms. The van der Waals surface area contributed by atoms with Crippen LogP contribution in [0.4, 0.5) is 0 Å². The second-order valence-electron chi connectivity index (χ2n) is 6.01. The summed E-state index contributed by atoms with van der Waals surface area (Å²) >= 11 is 0. The van der Waals surface area contributed by atoms with Crippen LogP contribution in [0.5, 0.6) is 5.75 Å². The van der Waals surface area contributed by atoms with E-state index in [1.165, 1.54) is 28.9 Å². The molecule has 1 aromatic carbocycles. The molecule has 0 fully saturated rings. The Morgan fingerprint density at radius 3 is 2.67 bits per heavy atom. The first kappa shape index (κ1) is 14.2. The zero-order valence-corrected chi connectivity index (χ0v) is 13.1. The highest BCUT2D eigenvalue weighted by Crippen LogP contribution is 2.34. The van der Waals surface area contributed by atoms with Gasteiger partial charge in [0.05, 0.1) is 13.2 Å². The molecule has 0 saturated carbocycles. The third kappa shape index (κ3) is 2.46. The van der Waals surface area contributed by atoms with Crippen LogP contribution in [0.1, 0.15) is 54.4 Å². The van der Waals surface area contributed by atoms with Gasteiger partial charge in [-0.3, -0.25) is 0 Å². The Kier molecular flexibility index (Phi) is 3.77. The van der Waals surface area contributed by atoms with Crippen LogP contribution in [0.3, 0.4) is 0 Å². The molecular formula is C18H24N2O. The van der Waals surface area contributed by atoms with Crippen molar-refractivity contribution < 1.29 is 4.74 Å². The van der Waals surface area contributed by atoms with Crippen molar-refractivity contribution in [2.24, 2.45) is 5.73 Å². The van der Waals surface area contributed by atoms with Gasteiger partial charge >= 0.3 is 0 Å². The molecule has 0 aliphatic heterocycles. The minimum absolute atomic E-state index is 0.205. The lowest BCUT2D eigenvalue weighted by molar-refractivity contribution is 0.414. The largest absolute Gasteiger partial charge is 0.497 e. The maximum absolute atomic E-state index is 6.28. The molecule has 0 saturated heterocycles. The van der Waals surface area contributed by atoms with Gasteiger partial charge in [0.15, 0.2) is 0 Å². The maximum atomic E-state index is 6.28. The van der Waals surface area contributed by atoms with Crippen molar-refractivity contribution in [2.45, 2.75) is 45.2 Å². The van der Waals surface area contributed by atoms with Crippen LogP contribution >= 0.6 is 0 Å². The highest BCUT2D eigenvalue weighted by molar-refractivity contribution is 5.36. The summed E-state index contributed by atoms with van der Waals surface area (Å²) in [6, 6.07) is 11.2. The van der Waals surface area contributed by atoms with E-state index in [1.807, 2.05) is 12.1 Å². The number of rotatable bonds is 3. The second kappa shape index (κ2) is 5.57. The van der Waals surface area contributed by atoms with Gasteiger partial charge in [-0.25, -0.2) is 0 Å². The first-order chi connectivity index (χ1) is 10.1. The molecule has 2 N–H and O–H groups in total. The molecule has 0 amide bonds. The van der Waals surface area contributed by atoms with Gasteiger partial charge in [-0.05, 0) is 62.4 Å². The standard InChI is InChI=1S/C18H24N2O/c1-12-11-16-17(19)5-4-6-18(16)20(12)13(2)14-7-9-15(21-3)10-8-14/h7-11,13,17H,4-6,19H2,1-3H3. The highest BCUT2D eigenvalue weighted by atomic mass is 16.5. The van der Waals surface area contributed by atoms with E-state index in [0.29, 0.717) is 6.04 Å². The van der Waals surface area contributed by atoms with Crippen LogP contribution in [-0.2, 0) is 6.42 Å². The number of nitrogens with two attached hydrogens (primary N) is 1. The van der Waals surface area contributed by atoms with Crippen molar-refractivity contribution >= 4 is 0 Å². The number of aryl methyl sites for hydroxylation is 1. The van der Waals surface area contributed by atoms with Gasteiger partial charge in [0.25, 0.3) is 0 Å². The van der Waals surface area contributed by atoms with Gasteiger partial charge in [-0.15, -0.1) is 0 Å². The summed E-state index contributed by atoms with van der Waals surface area (Å²) in [5.41, 5.74) is 11.7. The quantitative estimate of drug-likeness (QED) is 0.932. The van der Waals surface area contributed by atoms with Gasteiger partial charge in [-0.1, -0.05) is 12.1 Å². The van der Waals surface area contributed by atoms with Crippen LogP contribution in [0.2, 0.25) is 0 Å². The maximum Gasteiger partial charge on any atom is 0.118 e. The number of aromatic nitrogens is 1. The molecule has 21 heavy (non-hydrogen) atoms. The van der Waals surface area contributed by atoms with Gasteiger partial charge in [0.2, 0.25) is 0 Å². The van der Waals surface area contributed by atoms with Crippen LogP contribution in [0.25, 0.3) is 0 Å². The van der Waals surface area contributed by atoms with Gasteiger partial charge in [-0.2, -0.15) is 0 Å². The highest BCUT2D eigenvalue weighted by Gasteiger charge is 2.24. The molecule has 1 aliphatic carbocycles. The smallest absolute Gasteiger partial charge is 0.118 e. The summed E-state index contributed by atoms with van der Waals surface area (Å²) in [5, 5.41) is 0. The average Bonchev–Trinajstić information content (AvgIpc) is 2.84. The molecule has 1 heterocycles. The normalized spacial score (nSPS) is 19.1. The van der Waals surface area contributed by atoms with Crippen LogP contribution in [0, 0.1) is 6.92 Å². The summed E-state index contributed by atoms with van der Waals surface area (Å²) in [7, 11) is 1.70. The monoisotopic (exact) mass is 284 g/mol. The lowest BCUT2D eigenvalue weighted by atomic mass is 9.93. The Labute approximate surface area is 126 Å². The minimum Gasteiger partial charge on any atom is -0.497 e. The third-order valence-corrected chi connectivity index (χ3v) is 4.68. The fraction of sp³-hybridized carbons (Fsp3) is 0.444. The van der Waals surface area contributed by atoms with Gasteiger partial charge < -0.3 is 15.0 Å². The molecule has 0 spiro atoms. The Balaban J connectivity index is 1.99. The minimum atomic E-state index is 0.205. The first-order valence-electron chi connectivity index (χ1n) is 7.72. The van der Waals surface area contributed by atoms with Crippen molar-refractivity contribution in [1.29, 1.82) is 0 Å². The predicted octanol–water partition coefficient (Wildman–Crippen LogP) is 3.75. The van der Waals surface area contributed by atoms with Crippen molar-refractivity contribution in [3.05, 3.63) is 52.8 Å². The molecule has 2 atom stereocenters. The van der Waals surface area contributed by atoms with E-state index in [2.05, 4.69) is 36.6 Å². The summed E-state index contributed by atoms with van der Waals surface area (Å²) in [6.45, 7) is 4.44. The molecule has 1 aliphatic rings. The SMILES string of the molecule is COc1ccc(C(C)n2c(C)cc3c2CCCC3N)cc1. The van der Waals surface area contributed by atoms with Crippen LogP contribution in [0.15, 0.2) is 30.3 Å². The Morgan fingerprint density at radius 2 is 2.00 bits per heavy atom. The lowest BCUT2D eigenvalue weighted by Gasteiger charge is -2.25. The van der Waals surface area contributed by atoms with E-state index >= 15 is 0 Å². The molecule has 2 unspecified atom stereocenters. The number of fused-ring (bicyclic) bond motifs is 1. The van der Waals surface area contributed by atoms with Gasteiger partial charge in [0, 0.05) is 17.4 Å². The molecule has 3 nitrogen and oxygen atoms in total. The Bertz CT molecular complexity index is 627. The van der Waals surface area contributed by atoms with E-state index in [9.17, 15) is 0 Å². The molecule has 1 aromatic heterocycles. The number of benzene rings is 1. The topological polar surface area (TPSA) is 40.2 Å². The number of methoxy groups -OCH3 is 1. The average molecular weight is 284 g/mol. The molecule has 2 aromatic rings. The van der Waals surface area contributed by atoms with Crippen molar-refractivity contribution in [1.82, 2.24) is 4.57 Å². The van der Waals surface area contributed by atoms with Crippen LogP contribution in [-0.4, -0.2) is 11.7 Å². The molecular weight excluding hydrogens is 260 g/mol. The summed E-state index contributed by atoms with van der Waals surface area (Å²) in [5.74, 6) is 0.902. The molecule has 112 valence electrons. The van der Waals surface area contributed by atoms with Gasteiger partial charge in [0.1, 0.15) is 5.75 Å². The summed E-state index contributed by atoms with van der Waals surface area (Å²) in [6.07, 6.45) is 3.43. The second-order valence-corrected chi connectivity index (χ2v) is 6.01. The van der Waals surface area contributed by atoms with E-state index in [0.717, 1.165) is 18.6 Å². The van der Waals surface area contributed by atoms with E-state index in [4.69, 9.17) is 10.5 Å². The molecule has 0 radical (unpaired) electrons. The first-order valence-corrected chi connectivity index (χ1v) is 7.72. The lowest BCUT2D eigenvalue weighted by Crippen LogP contribution is -2.20. The van der Waals surface area contributed by atoms with Crippen molar-refractivity contribution in [3.63, 3.8) is 0 Å². The predicted molar refractivity (Wildman–Crippen MR) is 85.8 cm³/mol. The number of nitrogens with zero attached hydrogens (tertiary/aromatic N) is 1.